The van der Waals surface area contributed by atoms with Crippen molar-refractivity contribution in [2.45, 2.75) is 63.7 Å². The Morgan fingerprint density at radius 2 is 1.68 bits per heavy atom. The van der Waals surface area contributed by atoms with Crippen molar-refractivity contribution in [1.29, 1.82) is 0 Å². The molecule has 3 aromatic rings. The van der Waals surface area contributed by atoms with Gasteiger partial charge in [-0.25, -0.2) is 0 Å². The first kappa shape index (κ1) is 21.6. The maximum atomic E-state index is 13.0. The lowest BCUT2D eigenvalue weighted by Gasteiger charge is -2.39. The van der Waals surface area contributed by atoms with Crippen molar-refractivity contribution in [2.24, 2.45) is 0 Å². The van der Waals surface area contributed by atoms with Crippen LogP contribution in [0.2, 0.25) is 0 Å². The van der Waals surface area contributed by atoms with Crippen molar-refractivity contribution < 1.29 is 4.79 Å². The molecule has 0 spiro atoms. The second kappa shape index (κ2) is 9.69. The Labute approximate surface area is 188 Å². The van der Waals surface area contributed by atoms with Gasteiger partial charge in [-0.2, -0.15) is 0 Å². The number of nitrogens with zero attached hydrogens (tertiary/aromatic N) is 4. The van der Waals surface area contributed by atoms with Crippen LogP contribution in [0.5, 0.6) is 0 Å². The number of carbonyl (C=O) groups is 1. The molecule has 1 saturated heterocycles. The van der Waals surface area contributed by atoms with Crippen molar-refractivity contribution in [3.63, 3.8) is 0 Å². The monoisotopic (exact) mass is 434 g/mol. The molecule has 31 heavy (non-hydrogen) atoms. The summed E-state index contributed by atoms with van der Waals surface area (Å²) in [5.41, 5.74) is 3.30. The third-order valence-corrected chi connectivity index (χ3v) is 6.99. The lowest BCUT2D eigenvalue weighted by molar-refractivity contribution is -0.134. The highest BCUT2D eigenvalue weighted by atomic mass is 32.2. The zero-order chi connectivity index (χ0) is 21.8. The van der Waals surface area contributed by atoms with Gasteiger partial charge in [-0.05, 0) is 57.2 Å². The Kier molecular flexibility index (Phi) is 6.76. The molecule has 0 radical (unpaired) electrons. The number of amides is 1. The minimum Gasteiger partial charge on any atom is -0.337 e. The Bertz CT molecular complexity index is 1010. The van der Waals surface area contributed by atoms with E-state index in [1.807, 2.05) is 30.3 Å². The fourth-order valence-electron chi connectivity index (χ4n) is 4.36. The molecule has 0 aliphatic carbocycles. The Balaban J connectivity index is 1.63. The summed E-state index contributed by atoms with van der Waals surface area (Å²) in [4.78, 5) is 15.1. The van der Waals surface area contributed by atoms with E-state index in [4.69, 9.17) is 0 Å². The summed E-state index contributed by atoms with van der Waals surface area (Å²) in [6.45, 7) is 6.46. The highest BCUT2D eigenvalue weighted by molar-refractivity contribution is 7.99. The second-order valence-corrected chi connectivity index (χ2v) is 9.19. The van der Waals surface area contributed by atoms with Gasteiger partial charge in [-0.1, -0.05) is 61.2 Å². The number of rotatable bonds is 6. The Morgan fingerprint density at radius 3 is 2.32 bits per heavy atom. The largest absolute Gasteiger partial charge is 0.337 e. The fourth-order valence-corrected chi connectivity index (χ4v) is 5.19. The normalized spacial score (nSPS) is 18.9. The predicted octanol–water partition coefficient (Wildman–Crippen LogP) is 5.38. The van der Waals surface area contributed by atoms with Gasteiger partial charge in [0.1, 0.15) is 0 Å². The van der Waals surface area contributed by atoms with Crippen LogP contribution in [-0.2, 0) is 11.2 Å². The van der Waals surface area contributed by atoms with Gasteiger partial charge in [-0.3, -0.25) is 9.36 Å². The maximum Gasteiger partial charge on any atom is 0.233 e. The van der Waals surface area contributed by atoms with Crippen LogP contribution >= 0.6 is 11.8 Å². The number of piperidine rings is 1. The molecule has 4 rings (SSSR count). The van der Waals surface area contributed by atoms with Crippen LogP contribution in [0.15, 0.2) is 59.8 Å². The van der Waals surface area contributed by atoms with Gasteiger partial charge in [0, 0.05) is 23.3 Å². The van der Waals surface area contributed by atoms with Crippen LogP contribution in [0.25, 0.3) is 17.1 Å². The topological polar surface area (TPSA) is 51.0 Å². The molecule has 2 heterocycles. The quantitative estimate of drug-likeness (QED) is 0.489. The zero-order valence-electron chi connectivity index (χ0n) is 18.5. The van der Waals surface area contributed by atoms with E-state index < -0.39 is 0 Å². The van der Waals surface area contributed by atoms with Crippen molar-refractivity contribution in [3.05, 3.63) is 60.2 Å². The van der Waals surface area contributed by atoms with Crippen LogP contribution in [-0.4, -0.2) is 43.4 Å². The molecule has 162 valence electrons. The number of carbonyl (C=O) groups excluding carboxylic acids is 1. The third kappa shape index (κ3) is 4.69. The molecule has 0 unspecified atom stereocenters. The second-order valence-electron chi connectivity index (χ2n) is 8.25. The molecule has 1 aliphatic heterocycles. The van der Waals surface area contributed by atoms with E-state index in [2.05, 4.69) is 64.7 Å². The van der Waals surface area contributed by atoms with Crippen LogP contribution in [0, 0.1) is 0 Å². The summed E-state index contributed by atoms with van der Waals surface area (Å²) in [6, 6.07) is 19.2. The molecule has 1 amide bonds. The van der Waals surface area contributed by atoms with Crippen LogP contribution in [0.1, 0.15) is 45.6 Å². The summed E-state index contributed by atoms with van der Waals surface area (Å²) in [6.07, 6.45) is 4.36. The Morgan fingerprint density at radius 1 is 1.00 bits per heavy atom. The Hall–Kier alpha value is -2.60. The molecule has 6 heteroatoms. The first-order valence-electron chi connectivity index (χ1n) is 11.1. The van der Waals surface area contributed by atoms with E-state index in [0.29, 0.717) is 17.8 Å². The van der Waals surface area contributed by atoms with Crippen molar-refractivity contribution in [3.8, 4) is 17.1 Å². The van der Waals surface area contributed by atoms with Crippen molar-refractivity contribution in [1.82, 2.24) is 19.7 Å². The van der Waals surface area contributed by atoms with E-state index >= 15 is 0 Å². The minimum absolute atomic E-state index is 0.182. The number of aryl methyl sites for hydroxylation is 1. The first-order valence-corrected chi connectivity index (χ1v) is 12.1. The van der Waals surface area contributed by atoms with Gasteiger partial charge >= 0.3 is 0 Å². The minimum atomic E-state index is 0.182. The molecule has 0 N–H and O–H groups in total. The number of thioether (sulfide) groups is 1. The van der Waals surface area contributed by atoms with Gasteiger partial charge in [-0.15, -0.1) is 10.2 Å². The van der Waals surface area contributed by atoms with Gasteiger partial charge in [0.15, 0.2) is 11.0 Å². The summed E-state index contributed by atoms with van der Waals surface area (Å²) in [5.74, 6) is 1.34. The lowest BCUT2D eigenvalue weighted by Crippen LogP contribution is -2.48. The highest BCUT2D eigenvalue weighted by Crippen LogP contribution is 2.29. The van der Waals surface area contributed by atoms with Crippen molar-refractivity contribution in [2.75, 3.05) is 5.75 Å². The standard InChI is InChI=1S/C25H30N4OS/c1-4-20-13-15-22(16-14-20)29-24(21-11-6-5-7-12-21)26-27-25(29)31-17-23(30)28-18(2)9-8-10-19(28)3/h5-7,11-16,18-19H,4,8-10,17H2,1-3H3/t18-,19+. The SMILES string of the molecule is CCc1ccc(-n2c(SCC(=O)N3[C@H](C)CCC[C@@H]3C)nnc2-c2ccccc2)cc1. The molecule has 0 saturated carbocycles. The smallest absolute Gasteiger partial charge is 0.233 e. The van der Waals surface area contributed by atoms with Gasteiger partial charge in [0.25, 0.3) is 0 Å². The number of hydrogen-bond acceptors (Lipinski definition) is 4. The molecule has 2 aromatic carbocycles. The van der Waals surface area contributed by atoms with Crippen LogP contribution < -0.4 is 0 Å². The number of likely N-dealkylation sites (tertiary alicyclic amines) is 1. The predicted molar refractivity (Wildman–Crippen MR) is 127 cm³/mol. The zero-order valence-corrected chi connectivity index (χ0v) is 19.3. The van der Waals surface area contributed by atoms with E-state index in [0.717, 1.165) is 41.5 Å². The van der Waals surface area contributed by atoms with E-state index in [-0.39, 0.29) is 5.91 Å². The third-order valence-electron chi connectivity index (χ3n) is 6.07. The average molecular weight is 435 g/mol. The molecule has 0 bridgehead atoms. The van der Waals surface area contributed by atoms with E-state index in [9.17, 15) is 4.79 Å². The van der Waals surface area contributed by atoms with Crippen LogP contribution in [0.3, 0.4) is 0 Å². The lowest BCUT2D eigenvalue weighted by atomic mass is 9.98. The molecule has 5 nitrogen and oxygen atoms in total. The molecule has 1 fully saturated rings. The molecule has 1 aromatic heterocycles. The highest BCUT2D eigenvalue weighted by Gasteiger charge is 2.29. The van der Waals surface area contributed by atoms with E-state index in [1.54, 1.807) is 0 Å². The summed E-state index contributed by atoms with van der Waals surface area (Å²) >= 11 is 1.47. The summed E-state index contributed by atoms with van der Waals surface area (Å²) < 4.78 is 2.07. The molecular weight excluding hydrogens is 404 g/mol. The summed E-state index contributed by atoms with van der Waals surface area (Å²) in [7, 11) is 0. The summed E-state index contributed by atoms with van der Waals surface area (Å²) in [5, 5.41) is 9.71. The van der Waals surface area contributed by atoms with Gasteiger partial charge < -0.3 is 4.90 Å². The fraction of sp³-hybridized carbons (Fsp3) is 0.400. The van der Waals surface area contributed by atoms with Gasteiger partial charge in [0.2, 0.25) is 5.91 Å². The average Bonchev–Trinajstić information content (AvgIpc) is 3.22. The molecule has 1 aliphatic rings. The number of aromatic nitrogens is 3. The van der Waals surface area contributed by atoms with Crippen molar-refractivity contribution >= 4 is 17.7 Å². The van der Waals surface area contributed by atoms with Gasteiger partial charge in [0.05, 0.1) is 5.75 Å². The number of benzene rings is 2. The number of hydrogen-bond donors (Lipinski definition) is 0. The van der Waals surface area contributed by atoms with Crippen LogP contribution in [0.4, 0.5) is 0 Å². The first-order chi connectivity index (χ1) is 15.1. The van der Waals surface area contributed by atoms with E-state index in [1.165, 1.54) is 23.7 Å². The molecule has 2 atom stereocenters. The maximum absolute atomic E-state index is 13.0. The molecular formula is C25H30N4OS.